The van der Waals surface area contributed by atoms with Crippen molar-refractivity contribution in [1.82, 2.24) is 4.72 Å². The van der Waals surface area contributed by atoms with Gasteiger partial charge in [-0.1, -0.05) is 0 Å². The third-order valence-electron chi connectivity index (χ3n) is 2.89. The molecule has 0 saturated carbocycles. The number of aryl methyl sites for hydroxylation is 1. The topological polar surface area (TPSA) is 70.0 Å². The van der Waals surface area contributed by atoms with Crippen LogP contribution in [-0.4, -0.2) is 8.42 Å². The summed E-state index contributed by atoms with van der Waals surface area (Å²) in [5.74, 6) is -0.738. The Hall–Kier alpha value is -1.75. The van der Waals surface area contributed by atoms with Crippen LogP contribution in [0, 0.1) is 24.1 Å². The summed E-state index contributed by atoms with van der Waals surface area (Å²) in [4.78, 5) is 1.85. The molecule has 0 fully saturated rings. The van der Waals surface area contributed by atoms with E-state index in [4.69, 9.17) is 5.26 Å². The third-order valence-corrected chi connectivity index (χ3v) is 5.61. The summed E-state index contributed by atoms with van der Waals surface area (Å²) in [5.41, 5.74) is -0.294. The van der Waals surface area contributed by atoms with E-state index < -0.39 is 21.9 Å². The lowest BCUT2D eigenvalue weighted by Gasteiger charge is -2.13. The monoisotopic (exact) mass is 324 g/mol. The van der Waals surface area contributed by atoms with Crippen LogP contribution in [0.25, 0.3) is 0 Å². The molecule has 0 aliphatic rings. The molecule has 1 aromatic carbocycles. The van der Waals surface area contributed by atoms with E-state index in [1.807, 2.05) is 19.1 Å². The van der Waals surface area contributed by atoms with Gasteiger partial charge in [0, 0.05) is 9.75 Å². The first kappa shape index (κ1) is 15.6. The molecule has 0 saturated heterocycles. The van der Waals surface area contributed by atoms with Gasteiger partial charge in [-0.15, -0.1) is 11.3 Å². The van der Waals surface area contributed by atoms with Gasteiger partial charge in [-0.2, -0.15) is 5.26 Å². The normalized spacial score (nSPS) is 12.9. The average molecular weight is 324 g/mol. The number of halogens is 1. The summed E-state index contributed by atoms with van der Waals surface area (Å²) in [5, 5.41) is 8.77. The Morgan fingerprint density at radius 1 is 1.33 bits per heavy atom. The van der Waals surface area contributed by atoms with Gasteiger partial charge in [-0.05, 0) is 44.2 Å². The molecule has 1 N–H and O–H groups in total. The lowest BCUT2D eigenvalue weighted by molar-refractivity contribution is 0.567. The first-order valence-electron chi connectivity index (χ1n) is 6.12. The maximum Gasteiger partial charge on any atom is 0.241 e. The van der Waals surface area contributed by atoms with Crippen molar-refractivity contribution in [3.63, 3.8) is 0 Å². The van der Waals surface area contributed by atoms with Gasteiger partial charge in [0.15, 0.2) is 0 Å². The third kappa shape index (κ3) is 3.47. The number of nitriles is 1. The van der Waals surface area contributed by atoms with Crippen LogP contribution in [-0.2, 0) is 10.0 Å². The summed E-state index contributed by atoms with van der Waals surface area (Å²) in [6.07, 6.45) is 0. The van der Waals surface area contributed by atoms with Gasteiger partial charge in [-0.3, -0.25) is 0 Å². The molecule has 0 bridgehead atoms. The molecule has 110 valence electrons. The predicted molar refractivity (Wildman–Crippen MR) is 78.9 cm³/mol. The smallest absolute Gasteiger partial charge is 0.207 e. The molecule has 2 rings (SSSR count). The highest BCUT2D eigenvalue weighted by atomic mass is 32.2. The Morgan fingerprint density at radius 3 is 2.62 bits per heavy atom. The zero-order chi connectivity index (χ0) is 15.6. The Kier molecular flexibility index (Phi) is 4.42. The molecule has 1 unspecified atom stereocenters. The highest BCUT2D eigenvalue weighted by molar-refractivity contribution is 7.89. The summed E-state index contributed by atoms with van der Waals surface area (Å²) in [6, 6.07) is 8.16. The predicted octanol–water partition coefficient (Wildman–Crippen LogP) is 3.11. The minimum Gasteiger partial charge on any atom is -0.207 e. The van der Waals surface area contributed by atoms with Gasteiger partial charge >= 0.3 is 0 Å². The van der Waals surface area contributed by atoms with Gasteiger partial charge in [0.25, 0.3) is 0 Å². The molecule has 2 aromatic rings. The molecule has 0 amide bonds. The standard InChI is InChI=1S/C14H13FN2O2S2/c1-9-3-6-14(20-9)10(2)17-21(18,19)12-4-5-13(15)11(7-12)8-16/h3-7,10,17H,1-2H3. The number of thiophene rings is 1. The second-order valence-electron chi connectivity index (χ2n) is 4.54. The van der Waals surface area contributed by atoms with Crippen molar-refractivity contribution in [3.05, 3.63) is 51.5 Å². The van der Waals surface area contributed by atoms with E-state index in [1.54, 1.807) is 13.0 Å². The van der Waals surface area contributed by atoms with Gasteiger partial charge in [0.2, 0.25) is 10.0 Å². The first-order chi connectivity index (χ1) is 9.83. The number of rotatable bonds is 4. The number of nitrogens with one attached hydrogen (secondary N) is 1. The lowest BCUT2D eigenvalue weighted by atomic mass is 10.2. The van der Waals surface area contributed by atoms with Gasteiger partial charge in [0.05, 0.1) is 16.5 Å². The number of hydrogen-bond donors (Lipinski definition) is 1. The zero-order valence-electron chi connectivity index (χ0n) is 11.4. The van der Waals surface area contributed by atoms with Crippen molar-refractivity contribution >= 4 is 21.4 Å². The van der Waals surface area contributed by atoms with Crippen LogP contribution in [0.4, 0.5) is 4.39 Å². The molecule has 21 heavy (non-hydrogen) atoms. The fourth-order valence-electron chi connectivity index (χ4n) is 1.80. The molecule has 0 aliphatic carbocycles. The van der Waals surface area contributed by atoms with Gasteiger partial charge in [0.1, 0.15) is 11.9 Å². The Bertz CT molecular complexity index is 807. The maximum atomic E-state index is 13.3. The van der Waals surface area contributed by atoms with Crippen LogP contribution >= 0.6 is 11.3 Å². The minimum atomic E-state index is -3.81. The van der Waals surface area contributed by atoms with Gasteiger partial charge < -0.3 is 0 Å². The number of nitrogens with zero attached hydrogens (tertiary/aromatic N) is 1. The van der Waals surface area contributed by atoms with Crippen molar-refractivity contribution in [1.29, 1.82) is 5.26 Å². The van der Waals surface area contributed by atoms with Crippen molar-refractivity contribution in [2.75, 3.05) is 0 Å². The van der Waals surface area contributed by atoms with E-state index in [0.717, 1.165) is 28.0 Å². The minimum absolute atomic E-state index is 0.124. The molecule has 7 heteroatoms. The Morgan fingerprint density at radius 2 is 2.05 bits per heavy atom. The van der Waals surface area contributed by atoms with Crippen molar-refractivity contribution < 1.29 is 12.8 Å². The van der Waals surface area contributed by atoms with Crippen molar-refractivity contribution in [2.24, 2.45) is 0 Å². The van der Waals surface area contributed by atoms with E-state index in [9.17, 15) is 12.8 Å². The van der Waals surface area contributed by atoms with E-state index in [0.29, 0.717) is 0 Å². The second-order valence-corrected chi connectivity index (χ2v) is 7.58. The number of benzene rings is 1. The second kappa shape index (κ2) is 5.93. The molecule has 1 atom stereocenters. The van der Waals surface area contributed by atoms with E-state index in [-0.39, 0.29) is 10.5 Å². The summed E-state index contributed by atoms with van der Waals surface area (Å²) in [6.45, 7) is 3.67. The van der Waals surface area contributed by atoms with Crippen LogP contribution in [0.5, 0.6) is 0 Å². The SMILES string of the molecule is Cc1ccc(C(C)NS(=O)(=O)c2ccc(F)c(C#N)c2)s1. The number of sulfonamides is 1. The molecule has 0 aliphatic heterocycles. The largest absolute Gasteiger partial charge is 0.241 e. The molecule has 0 spiro atoms. The van der Waals surface area contributed by atoms with Crippen LogP contribution in [0.15, 0.2) is 35.2 Å². The van der Waals surface area contributed by atoms with Crippen LogP contribution in [0.2, 0.25) is 0 Å². The van der Waals surface area contributed by atoms with Crippen molar-refractivity contribution in [3.8, 4) is 6.07 Å². The molecular weight excluding hydrogens is 311 g/mol. The summed E-state index contributed by atoms with van der Waals surface area (Å²) >= 11 is 1.50. The molecule has 0 radical (unpaired) electrons. The highest BCUT2D eigenvalue weighted by Gasteiger charge is 2.20. The first-order valence-corrected chi connectivity index (χ1v) is 8.42. The van der Waals surface area contributed by atoms with Crippen LogP contribution < -0.4 is 4.72 Å². The fourth-order valence-corrected chi connectivity index (χ4v) is 4.01. The van der Waals surface area contributed by atoms with Crippen LogP contribution in [0.1, 0.15) is 28.3 Å². The average Bonchev–Trinajstić information content (AvgIpc) is 2.85. The number of hydrogen-bond acceptors (Lipinski definition) is 4. The zero-order valence-corrected chi connectivity index (χ0v) is 13.1. The Balaban J connectivity index is 2.28. The molecule has 1 heterocycles. The fraction of sp³-hybridized carbons (Fsp3) is 0.214. The summed E-state index contributed by atoms with van der Waals surface area (Å²) in [7, 11) is -3.81. The highest BCUT2D eigenvalue weighted by Crippen LogP contribution is 2.24. The molecule has 1 aromatic heterocycles. The molecular formula is C14H13FN2O2S2. The molecule has 4 nitrogen and oxygen atoms in total. The van der Waals surface area contributed by atoms with Gasteiger partial charge in [-0.25, -0.2) is 17.5 Å². The Labute approximate surface area is 126 Å². The summed E-state index contributed by atoms with van der Waals surface area (Å²) < 4.78 is 40.3. The van der Waals surface area contributed by atoms with Crippen LogP contribution in [0.3, 0.4) is 0 Å². The van der Waals surface area contributed by atoms with E-state index in [1.165, 1.54) is 11.3 Å². The maximum absolute atomic E-state index is 13.3. The lowest BCUT2D eigenvalue weighted by Crippen LogP contribution is -2.26. The van der Waals surface area contributed by atoms with Crippen molar-refractivity contribution in [2.45, 2.75) is 24.8 Å². The van der Waals surface area contributed by atoms with E-state index in [2.05, 4.69) is 4.72 Å². The quantitative estimate of drug-likeness (QED) is 0.939. The van der Waals surface area contributed by atoms with E-state index >= 15 is 0 Å².